The molecule has 78 valence electrons. The van der Waals surface area contributed by atoms with Crippen LogP contribution in [0.15, 0.2) is 30.3 Å². The molecule has 2 rings (SSSR count). The zero-order valence-electron chi connectivity index (χ0n) is 11.8. The van der Waals surface area contributed by atoms with Gasteiger partial charge < -0.3 is 11.1 Å². The van der Waals surface area contributed by atoms with Crippen molar-refractivity contribution in [3.63, 3.8) is 0 Å². The number of thiophene rings is 1. The van der Waals surface area contributed by atoms with Crippen LogP contribution >= 0.6 is 11.3 Å². The number of nitrogens with one attached hydrogen (secondary N) is 1. The first-order valence-corrected chi connectivity index (χ1v) is 5.12. The SMILES string of the molecule is [2H]C([2H])([2H])C([2H])(NC(N)=O)c1cc2ccccc2s1. The molecule has 0 saturated carbocycles. The summed E-state index contributed by atoms with van der Waals surface area (Å²) in [6, 6.07) is 5.61. The molecule has 3 nitrogen and oxygen atoms in total. The van der Waals surface area contributed by atoms with Crippen LogP contribution in [0.3, 0.4) is 0 Å². The number of hydrogen-bond donors (Lipinski definition) is 2. The van der Waals surface area contributed by atoms with Gasteiger partial charge in [-0.3, -0.25) is 0 Å². The number of nitrogens with two attached hydrogens (primary N) is 1. The molecule has 0 aliphatic heterocycles. The topological polar surface area (TPSA) is 55.1 Å². The van der Waals surface area contributed by atoms with Crippen molar-refractivity contribution in [3.8, 4) is 0 Å². The van der Waals surface area contributed by atoms with E-state index in [4.69, 9.17) is 11.2 Å². The Balaban J connectivity index is 2.57. The number of primary amides is 1. The lowest BCUT2D eigenvalue weighted by Crippen LogP contribution is -2.31. The van der Waals surface area contributed by atoms with E-state index in [1.54, 1.807) is 6.07 Å². The van der Waals surface area contributed by atoms with E-state index in [9.17, 15) is 4.79 Å². The highest BCUT2D eigenvalue weighted by molar-refractivity contribution is 7.19. The maximum Gasteiger partial charge on any atom is 0.312 e. The van der Waals surface area contributed by atoms with Crippen molar-refractivity contribution in [2.75, 3.05) is 0 Å². The second-order valence-corrected chi connectivity index (χ2v) is 4.10. The van der Waals surface area contributed by atoms with Gasteiger partial charge in [-0.1, -0.05) is 18.2 Å². The Morgan fingerprint density at radius 3 is 3.13 bits per heavy atom. The summed E-state index contributed by atoms with van der Waals surface area (Å²) in [5.41, 5.74) is 4.99. The fourth-order valence-corrected chi connectivity index (χ4v) is 2.26. The average Bonchev–Trinajstić information content (AvgIpc) is 2.70. The minimum atomic E-state index is -2.72. The summed E-state index contributed by atoms with van der Waals surface area (Å²) in [6.07, 6.45) is 0. The molecular weight excluding hydrogens is 208 g/mol. The predicted octanol–water partition coefficient (Wildman–Crippen LogP) is 2.63. The summed E-state index contributed by atoms with van der Waals surface area (Å²) >= 11 is 1.16. The predicted molar refractivity (Wildman–Crippen MR) is 63.0 cm³/mol. The van der Waals surface area contributed by atoms with Crippen LogP contribution in [0.4, 0.5) is 4.79 Å². The van der Waals surface area contributed by atoms with Crippen LogP contribution in [0.1, 0.15) is 23.2 Å². The molecule has 2 aromatic rings. The summed E-state index contributed by atoms with van der Waals surface area (Å²) in [7, 11) is 0. The van der Waals surface area contributed by atoms with Gasteiger partial charge >= 0.3 is 6.03 Å². The van der Waals surface area contributed by atoms with Gasteiger partial charge in [0.25, 0.3) is 0 Å². The average molecular weight is 224 g/mol. The first kappa shape index (κ1) is 6.12. The molecule has 1 aromatic carbocycles. The molecule has 0 bridgehead atoms. The Morgan fingerprint density at radius 1 is 1.67 bits per heavy atom. The van der Waals surface area contributed by atoms with Crippen molar-refractivity contribution >= 4 is 27.5 Å². The maximum atomic E-state index is 11.0. The standard InChI is InChI=1S/C11H12N2OS/c1-7(13-11(12)14)10-6-8-4-2-3-5-9(8)15-10/h2-7H,1H3,(H3,12,13,14)/i1D3,7D. The number of rotatable bonds is 2. The van der Waals surface area contributed by atoms with Crippen molar-refractivity contribution in [2.24, 2.45) is 5.73 Å². The highest BCUT2D eigenvalue weighted by atomic mass is 32.1. The molecule has 1 heterocycles. The minimum Gasteiger partial charge on any atom is -0.352 e. The molecule has 1 unspecified atom stereocenters. The second kappa shape index (κ2) is 3.90. The van der Waals surface area contributed by atoms with Crippen LogP contribution in [-0.4, -0.2) is 6.03 Å². The lowest BCUT2D eigenvalue weighted by atomic mass is 10.2. The van der Waals surface area contributed by atoms with Gasteiger partial charge in [0.2, 0.25) is 0 Å². The Morgan fingerprint density at radius 2 is 2.47 bits per heavy atom. The van der Waals surface area contributed by atoms with E-state index in [0.29, 0.717) is 0 Å². The number of amides is 2. The minimum absolute atomic E-state index is 0.229. The lowest BCUT2D eigenvalue weighted by molar-refractivity contribution is 0.246. The van der Waals surface area contributed by atoms with Crippen LogP contribution in [0.5, 0.6) is 0 Å². The molecule has 1 aromatic heterocycles. The molecule has 3 N–H and O–H groups in total. The fraction of sp³-hybridized carbons (Fsp3) is 0.182. The van der Waals surface area contributed by atoms with Gasteiger partial charge in [0.1, 0.15) is 0 Å². The van der Waals surface area contributed by atoms with Gasteiger partial charge in [-0.25, -0.2) is 4.79 Å². The summed E-state index contributed by atoms with van der Waals surface area (Å²) in [4.78, 5) is 11.2. The summed E-state index contributed by atoms with van der Waals surface area (Å²) in [5, 5.41) is 2.86. The zero-order valence-corrected chi connectivity index (χ0v) is 8.60. The number of urea groups is 1. The molecule has 15 heavy (non-hydrogen) atoms. The Hall–Kier alpha value is -1.55. The smallest absolute Gasteiger partial charge is 0.312 e. The van der Waals surface area contributed by atoms with Crippen LogP contribution in [0, 0.1) is 0 Å². The number of hydrogen-bond acceptors (Lipinski definition) is 2. The van der Waals surface area contributed by atoms with Gasteiger partial charge in [-0.05, 0) is 24.4 Å². The third-order valence-corrected chi connectivity index (χ3v) is 3.05. The van der Waals surface area contributed by atoms with E-state index in [0.717, 1.165) is 21.4 Å². The molecule has 0 radical (unpaired) electrons. The Kier molecular flexibility index (Phi) is 1.59. The van der Waals surface area contributed by atoms with Crippen LogP contribution < -0.4 is 11.1 Å². The van der Waals surface area contributed by atoms with E-state index in [2.05, 4.69) is 0 Å². The van der Waals surface area contributed by atoms with E-state index in [1.165, 1.54) is 0 Å². The van der Waals surface area contributed by atoms with Gasteiger partial charge in [-0.2, -0.15) is 0 Å². The zero-order chi connectivity index (χ0) is 14.3. The van der Waals surface area contributed by atoms with Crippen molar-refractivity contribution in [1.82, 2.24) is 5.32 Å². The van der Waals surface area contributed by atoms with Crippen molar-refractivity contribution in [2.45, 2.75) is 12.9 Å². The van der Waals surface area contributed by atoms with E-state index < -0.39 is 18.9 Å². The van der Waals surface area contributed by atoms with Crippen molar-refractivity contribution in [3.05, 3.63) is 35.2 Å². The van der Waals surface area contributed by atoms with E-state index in [1.807, 2.05) is 29.6 Å². The molecular formula is C11H12N2OS. The summed E-state index contributed by atoms with van der Waals surface area (Å²) < 4.78 is 31.4. The van der Waals surface area contributed by atoms with Gasteiger partial charge in [0.05, 0.1) is 7.39 Å². The molecule has 0 aliphatic carbocycles. The van der Waals surface area contributed by atoms with Crippen LogP contribution in [-0.2, 0) is 0 Å². The van der Waals surface area contributed by atoms with Crippen molar-refractivity contribution < 1.29 is 10.3 Å². The van der Waals surface area contributed by atoms with E-state index >= 15 is 0 Å². The molecule has 0 aliphatic rings. The number of fused-ring (bicyclic) bond motifs is 1. The number of carbonyl (C=O) groups is 1. The van der Waals surface area contributed by atoms with Gasteiger partial charge in [-0.15, -0.1) is 11.3 Å². The highest BCUT2D eigenvalue weighted by Gasteiger charge is 2.10. The van der Waals surface area contributed by atoms with E-state index in [-0.39, 0.29) is 4.88 Å². The molecule has 0 fully saturated rings. The second-order valence-electron chi connectivity index (χ2n) is 3.01. The third kappa shape index (κ3) is 2.10. The quantitative estimate of drug-likeness (QED) is 0.809. The molecule has 0 saturated heterocycles. The van der Waals surface area contributed by atoms with Crippen LogP contribution in [0.25, 0.3) is 10.1 Å². The lowest BCUT2D eigenvalue weighted by Gasteiger charge is -2.08. The van der Waals surface area contributed by atoms with Gasteiger partial charge in [0, 0.05) is 13.7 Å². The molecule has 2 amide bonds. The number of benzene rings is 1. The molecule has 4 heteroatoms. The molecule has 0 spiro atoms. The molecule has 1 atom stereocenters. The van der Waals surface area contributed by atoms with Crippen LogP contribution in [0.2, 0.25) is 0 Å². The monoisotopic (exact) mass is 224 g/mol. The first-order valence-electron chi connectivity index (χ1n) is 6.31. The first-order chi connectivity index (χ1) is 8.74. The Bertz CT molecular complexity index is 591. The fourth-order valence-electron chi connectivity index (χ4n) is 1.29. The largest absolute Gasteiger partial charge is 0.352 e. The normalized spacial score (nSPS) is 19.5. The van der Waals surface area contributed by atoms with Crippen molar-refractivity contribution in [1.29, 1.82) is 0 Å². The Labute approximate surface area is 97.5 Å². The summed E-state index contributed by atoms with van der Waals surface area (Å²) in [6.45, 7) is -2.72. The highest BCUT2D eigenvalue weighted by Crippen LogP contribution is 2.29. The maximum absolute atomic E-state index is 11.0. The van der Waals surface area contributed by atoms with Gasteiger partial charge in [0.15, 0.2) is 0 Å². The summed E-state index contributed by atoms with van der Waals surface area (Å²) in [5.74, 6) is 0. The third-order valence-electron chi connectivity index (χ3n) is 1.92. The number of carbonyl (C=O) groups excluding carboxylic acids is 1.